The van der Waals surface area contributed by atoms with Crippen molar-refractivity contribution in [2.75, 3.05) is 0 Å². The second-order valence-electron chi connectivity index (χ2n) is 7.41. The molecule has 1 N–H and O–H groups in total. The van der Waals surface area contributed by atoms with Crippen LogP contribution in [-0.4, -0.2) is 16.7 Å². The normalized spacial score (nSPS) is 11.1. The molecule has 30 heavy (non-hydrogen) atoms. The van der Waals surface area contributed by atoms with Gasteiger partial charge in [-0.1, -0.05) is 26.0 Å². The van der Waals surface area contributed by atoms with Crippen molar-refractivity contribution in [2.24, 2.45) is 5.10 Å². The lowest BCUT2D eigenvalue weighted by Gasteiger charge is -2.12. The Kier molecular flexibility index (Phi) is 6.12. The highest BCUT2D eigenvalue weighted by atomic mass is 19.1. The van der Waals surface area contributed by atoms with Crippen LogP contribution < -0.4 is 5.43 Å². The van der Waals surface area contributed by atoms with Gasteiger partial charge in [-0.3, -0.25) is 4.79 Å². The van der Waals surface area contributed by atoms with Crippen LogP contribution in [0.2, 0.25) is 0 Å². The predicted octanol–water partition coefficient (Wildman–Crippen LogP) is 4.99. The van der Waals surface area contributed by atoms with Crippen molar-refractivity contribution in [3.05, 3.63) is 88.0 Å². The van der Waals surface area contributed by atoms with Gasteiger partial charge >= 0.3 is 0 Å². The summed E-state index contributed by atoms with van der Waals surface area (Å²) in [5, 5.41) is 12.8. The number of amides is 1. The predicted molar refractivity (Wildman–Crippen MR) is 116 cm³/mol. The molecule has 0 spiro atoms. The molecule has 0 saturated carbocycles. The van der Waals surface area contributed by atoms with E-state index in [0.717, 1.165) is 28.7 Å². The molecule has 2 aromatic carbocycles. The van der Waals surface area contributed by atoms with Gasteiger partial charge in [0.1, 0.15) is 5.82 Å². The molecule has 0 aliphatic rings. The van der Waals surface area contributed by atoms with Gasteiger partial charge in [0.2, 0.25) is 0 Å². The maximum Gasteiger partial charge on any atom is 0.274 e. The van der Waals surface area contributed by atoms with E-state index in [1.165, 1.54) is 17.7 Å². The highest BCUT2D eigenvalue weighted by Gasteiger charge is 2.13. The van der Waals surface area contributed by atoms with E-state index in [2.05, 4.69) is 53.2 Å². The number of aromatic nitrogens is 1. The van der Waals surface area contributed by atoms with E-state index in [-0.39, 0.29) is 11.1 Å². The number of nitriles is 1. The lowest BCUT2D eigenvalue weighted by molar-refractivity contribution is 0.0951. The van der Waals surface area contributed by atoms with Crippen molar-refractivity contribution in [1.82, 2.24) is 9.99 Å². The minimum Gasteiger partial charge on any atom is -0.318 e. The maximum absolute atomic E-state index is 14.0. The summed E-state index contributed by atoms with van der Waals surface area (Å²) in [5.74, 6) is -0.964. The standard InChI is InChI=1S/C24H23FN4O/c1-15(2)19-6-8-21(9-7-19)29-16(3)11-20(17(29)4)14-27-28-24(30)22-10-5-18(13-26)12-23(22)25/h5-12,14-15H,1-4H3,(H,28,30)/b27-14-. The Bertz CT molecular complexity index is 1150. The quantitative estimate of drug-likeness (QED) is 0.482. The van der Waals surface area contributed by atoms with Gasteiger partial charge in [0.25, 0.3) is 5.91 Å². The molecule has 1 heterocycles. The molecule has 0 aliphatic carbocycles. The molecule has 0 aliphatic heterocycles. The highest BCUT2D eigenvalue weighted by Crippen LogP contribution is 2.22. The van der Waals surface area contributed by atoms with Gasteiger partial charge in [-0.2, -0.15) is 10.4 Å². The molecule has 6 heteroatoms. The lowest BCUT2D eigenvalue weighted by Crippen LogP contribution is -2.19. The maximum atomic E-state index is 14.0. The van der Waals surface area contributed by atoms with E-state index in [9.17, 15) is 9.18 Å². The summed E-state index contributed by atoms with van der Waals surface area (Å²) in [6.07, 6.45) is 1.54. The molecule has 0 radical (unpaired) electrons. The monoisotopic (exact) mass is 402 g/mol. The molecule has 1 amide bonds. The molecule has 0 unspecified atom stereocenters. The molecule has 152 valence electrons. The Balaban J connectivity index is 1.78. The van der Waals surface area contributed by atoms with E-state index >= 15 is 0 Å². The van der Waals surface area contributed by atoms with E-state index in [4.69, 9.17) is 5.26 Å². The second kappa shape index (κ2) is 8.75. The van der Waals surface area contributed by atoms with Crippen molar-refractivity contribution in [3.63, 3.8) is 0 Å². The zero-order valence-corrected chi connectivity index (χ0v) is 17.4. The molecular weight excluding hydrogens is 379 g/mol. The van der Waals surface area contributed by atoms with Gasteiger partial charge < -0.3 is 4.57 Å². The van der Waals surface area contributed by atoms with Gasteiger partial charge in [-0.05, 0) is 61.7 Å². The van der Waals surface area contributed by atoms with Crippen LogP contribution in [0.4, 0.5) is 4.39 Å². The summed E-state index contributed by atoms with van der Waals surface area (Å²) in [5.41, 5.74) is 7.53. The summed E-state index contributed by atoms with van der Waals surface area (Å²) >= 11 is 0. The van der Waals surface area contributed by atoms with Crippen molar-refractivity contribution in [1.29, 1.82) is 5.26 Å². The number of carbonyl (C=O) groups is 1. The molecule has 5 nitrogen and oxygen atoms in total. The number of rotatable bonds is 5. The van der Waals surface area contributed by atoms with Crippen LogP contribution in [0.1, 0.15) is 58.2 Å². The van der Waals surface area contributed by atoms with Crippen LogP contribution in [0.25, 0.3) is 5.69 Å². The fourth-order valence-electron chi connectivity index (χ4n) is 3.31. The van der Waals surface area contributed by atoms with Crippen molar-refractivity contribution in [2.45, 2.75) is 33.6 Å². The Morgan fingerprint density at radius 2 is 1.87 bits per heavy atom. The zero-order chi connectivity index (χ0) is 21.8. The van der Waals surface area contributed by atoms with Gasteiger partial charge in [0.05, 0.1) is 23.4 Å². The molecule has 0 atom stereocenters. The smallest absolute Gasteiger partial charge is 0.274 e. The summed E-state index contributed by atoms with van der Waals surface area (Å²) in [6, 6.07) is 15.9. The highest BCUT2D eigenvalue weighted by molar-refractivity contribution is 5.95. The summed E-state index contributed by atoms with van der Waals surface area (Å²) in [7, 11) is 0. The van der Waals surface area contributed by atoms with E-state index in [1.807, 2.05) is 26.0 Å². The van der Waals surface area contributed by atoms with Crippen LogP contribution in [0, 0.1) is 31.0 Å². The average Bonchev–Trinajstić information content (AvgIpc) is 3.01. The Hall–Kier alpha value is -3.72. The summed E-state index contributed by atoms with van der Waals surface area (Å²) in [4.78, 5) is 12.2. The van der Waals surface area contributed by atoms with E-state index in [1.54, 1.807) is 6.21 Å². The first-order valence-corrected chi connectivity index (χ1v) is 9.64. The van der Waals surface area contributed by atoms with Gasteiger partial charge in [0, 0.05) is 22.6 Å². The molecule has 0 saturated heterocycles. The third-order valence-electron chi connectivity index (χ3n) is 5.00. The zero-order valence-electron chi connectivity index (χ0n) is 17.4. The van der Waals surface area contributed by atoms with Crippen molar-refractivity contribution >= 4 is 12.1 Å². The first-order valence-electron chi connectivity index (χ1n) is 9.64. The number of aryl methyl sites for hydroxylation is 1. The van der Waals surface area contributed by atoms with Crippen LogP contribution in [0.5, 0.6) is 0 Å². The number of halogens is 1. The van der Waals surface area contributed by atoms with Gasteiger partial charge in [-0.25, -0.2) is 9.82 Å². The van der Waals surface area contributed by atoms with Gasteiger partial charge in [-0.15, -0.1) is 0 Å². The molecule has 3 aromatic rings. The Morgan fingerprint density at radius 3 is 2.47 bits per heavy atom. The molecule has 0 fully saturated rings. The topological polar surface area (TPSA) is 70.2 Å². The fraction of sp³-hybridized carbons (Fsp3) is 0.208. The minimum atomic E-state index is -0.759. The first-order chi connectivity index (χ1) is 14.3. The number of nitrogens with one attached hydrogen (secondary N) is 1. The summed E-state index contributed by atoms with van der Waals surface area (Å²) < 4.78 is 16.1. The van der Waals surface area contributed by atoms with Crippen LogP contribution in [-0.2, 0) is 0 Å². The third kappa shape index (κ3) is 4.31. The Morgan fingerprint density at radius 1 is 1.17 bits per heavy atom. The number of hydrazone groups is 1. The molecule has 0 bridgehead atoms. The largest absolute Gasteiger partial charge is 0.318 e. The third-order valence-corrected chi connectivity index (χ3v) is 5.00. The number of hydrogen-bond acceptors (Lipinski definition) is 3. The fourth-order valence-corrected chi connectivity index (χ4v) is 3.31. The van der Waals surface area contributed by atoms with Crippen LogP contribution in [0.15, 0.2) is 53.6 Å². The SMILES string of the molecule is Cc1cc(/C=N\NC(=O)c2ccc(C#N)cc2F)c(C)n1-c1ccc(C(C)C)cc1. The minimum absolute atomic E-state index is 0.154. The number of hydrogen-bond donors (Lipinski definition) is 1. The van der Waals surface area contributed by atoms with Crippen LogP contribution >= 0.6 is 0 Å². The van der Waals surface area contributed by atoms with Crippen molar-refractivity contribution < 1.29 is 9.18 Å². The summed E-state index contributed by atoms with van der Waals surface area (Å²) in [6.45, 7) is 8.31. The van der Waals surface area contributed by atoms with E-state index in [0.29, 0.717) is 5.92 Å². The first kappa shape index (κ1) is 21.0. The molecular formula is C24H23FN4O. The number of carbonyl (C=O) groups excluding carboxylic acids is 1. The average molecular weight is 402 g/mol. The van der Waals surface area contributed by atoms with Crippen molar-refractivity contribution in [3.8, 4) is 11.8 Å². The number of nitrogens with zero attached hydrogens (tertiary/aromatic N) is 3. The van der Waals surface area contributed by atoms with Gasteiger partial charge in [0.15, 0.2) is 0 Å². The molecule has 1 aromatic heterocycles. The second-order valence-corrected chi connectivity index (χ2v) is 7.41. The Labute approximate surface area is 175 Å². The number of benzene rings is 2. The van der Waals surface area contributed by atoms with Crippen LogP contribution in [0.3, 0.4) is 0 Å². The lowest BCUT2D eigenvalue weighted by atomic mass is 10.0. The molecule has 3 rings (SSSR count). The van der Waals surface area contributed by atoms with E-state index < -0.39 is 11.7 Å².